The molecule has 2 atom stereocenters. The molecule has 0 saturated carbocycles. The molecule has 1 spiro atoms. The number of para-hydroxylation sites is 2. The van der Waals surface area contributed by atoms with Crippen molar-refractivity contribution >= 4 is 23.3 Å². The Morgan fingerprint density at radius 3 is 2.96 bits per heavy atom. The third-order valence-electron chi connectivity index (χ3n) is 5.29. The second-order valence-corrected chi connectivity index (χ2v) is 7.86. The fraction of sp³-hybridized carbons (Fsp3) is 0.368. The van der Waals surface area contributed by atoms with Gasteiger partial charge in [-0.2, -0.15) is 0 Å². The van der Waals surface area contributed by atoms with Crippen molar-refractivity contribution in [3.63, 3.8) is 0 Å². The zero-order valence-corrected chi connectivity index (χ0v) is 14.9. The van der Waals surface area contributed by atoms with Crippen molar-refractivity contribution < 1.29 is 19.1 Å². The van der Waals surface area contributed by atoms with E-state index in [-0.39, 0.29) is 24.6 Å². The molecule has 1 aromatic heterocycles. The van der Waals surface area contributed by atoms with Crippen LogP contribution in [-0.4, -0.2) is 36.1 Å². The zero-order valence-electron chi connectivity index (χ0n) is 14.1. The van der Waals surface area contributed by atoms with E-state index in [1.807, 2.05) is 35.7 Å². The second kappa shape index (κ2) is 5.74. The third-order valence-corrected chi connectivity index (χ3v) is 6.27. The summed E-state index contributed by atoms with van der Waals surface area (Å²) in [6.45, 7) is 0.491. The highest BCUT2D eigenvalue weighted by molar-refractivity contribution is 7.10. The number of nitrogens with one attached hydrogen (secondary N) is 1. The molecule has 1 saturated heterocycles. The predicted octanol–water partition coefficient (Wildman–Crippen LogP) is 2.67. The van der Waals surface area contributed by atoms with Crippen molar-refractivity contribution in [2.24, 2.45) is 0 Å². The van der Waals surface area contributed by atoms with Crippen molar-refractivity contribution in [1.29, 1.82) is 0 Å². The smallest absolute Gasteiger partial charge is 0.325 e. The van der Waals surface area contributed by atoms with Gasteiger partial charge in [-0.1, -0.05) is 12.1 Å². The maximum atomic E-state index is 13.2. The highest BCUT2D eigenvalue weighted by Gasteiger charge is 2.54. The third kappa shape index (κ3) is 2.23. The molecule has 1 fully saturated rings. The van der Waals surface area contributed by atoms with E-state index < -0.39 is 5.54 Å². The second-order valence-electron chi connectivity index (χ2n) is 6.86. The van der Waals surface area contributed by atoms with Gasteiger partial charge in [0, 0.05) is 10.4 Å². The molecule has 134 valence electrons. The summed E-state index contributed by atoms with van der Waals surface area (Å²) >= 11 is 1.65. The number of amides is 3. The number of carbonyl (C=O) groups excluding carboxylic acids is 2. The number of aryl methyl sites for hydroxylation is 1. The maximum absolute atomic E-state index is 13.2. The van der Waals surface area contributed by atoms with E-state index in [4.69, 9.17) is 9.47 Å². The molecule has 2 aromatic rings. The summed E-state index contributed by atoms with van der Waals surface area (Å²) in [7, 11) is 0. The van der Waals surface area contributed by atoms with Crippen LogP contribution in [0.2, 0.25) is 0 Å². The lowest BCUT2D eigenvalue weighted by Crippen LogP contribution is -2.47. The number of benzene rings is 1. The van der Waals surface area contributed by atoms with Crippen molar-refractivity contribution in [1.82, 2.24) is 10.2 Å². The van der Waals surface area contributed by atoms with Gasteiger partial charge in [0.15, 0.2) is 17.6 Å². The van der Waals surface area contributed by atoms with Crippen molar-refractivity contribution in [2.45, 2.75) is 30.9 Å². The molecular formula is C19H18N2O4S. The summed E-state index contributed by atoms with van der Waals surface area (Å²) in [6, 6.07) is 9.04. The molecule has 5 rings (SSSR count). The van der Waals surface area contributed by atoms with Gasteiger partial charge in [-0.15, -0.1) is 11.3 Å². The Kier molecular flexibility index (Phi) is 3.46. The van der Waals surface area contributed by atoms with Crippen LogP contribution in [0.5, 0.6) is 11.5 Å². The normalized spacial score (nSPS) is 26.8. The predicted molar refractivity (Wildman–Crippen MR) is 95.5 cm³/mol. The minimum atomic E-state index is -0.905. The van der Waals surface area contributed by atoms with E-state index in [1.165, 1.54) is 9.78 Å². The summed E-state index contributed by atoms with van der Waals surface area (Å²) in [5.74, 6) is 1.15. The van der Waals surface area contributed by atoms with Crippen LogP contribution in [0.1, 0.15) is 23.3 Å². The van der Waals surface area contributed by atoms with Crippen molar-refractivity contribution in [3.05, 3.63) is 46.2 Å². The van der Waals surface area contributed by atoms with Crippen molar-refractivity contribution in [3.8, 4) is 11.5 Å². The Morgan fingerprint density at radius 2 is 2.08 bits per heavy atom. The number of carbonyl (C=O) groups is 2. The van der Waals surface area contributed by atoms with Gasteiger partial charge in [0.05, 0.1) is 6.54 Å². The van der Waals surface area contributed by atoms with Gasteiger partial charge in [-0.3, -0.25) is 9.69 Å². The van der Waals surface area contributed by atoms with Crippen LogP contribution < -0.4 is 14.8 Å². The van der Waals surface area contributed by atoms with E-state index in [2.05, 4.69) is 5.32 Å². The first-order valence-corrected chi connectivity index (χ1v) is 9.65. The molecule has 26 heavy (non-hydrogen) atoms. The van der Waals surface area contributed by atoms with E-state index in [0.717, 1.165) is 18.4 Å². The Morgan fingerprint density at radius 1 is 1.23 bits per heavy atom. The largest absolute Gasteiger partial charge is 0.486 e. The molecule has 3 amide bonds. The number of rotatable bonds is 2. The standard InChI is InChI=1S/C19H18N2O4S/c22-17-19(8-3-6-16-13(19)7-9-26-16)20-18(23)21(17)10-12-11-24-14-4-1-2-5-15(14)25-12/h1-2,4-5,7,9,12H,3,6,8,10-11H2,(H,20,23)/t12-,19+/m1/s1. The highest BCUT2D eigenvalue weighted by Crippen LogP contribution is 2.42. The minimum absolute atomic E-state index is 0.177. The van der Waals surface area contributed by atoms with Crippen LogP contribution >= 0.6 is 11.3 Å². The molecule has 3 heterocycles. The Bertz CT molecular complexity index is 895. The molecule has 2 aliphatic heterocycles. The van der Waals surface area contributed by atoms with Crippen LogP contribution in [0.15, 0.2) is 35.7 Å². The molecule has 3 aliphatic rings. The van der Waals surface area contributed by atoms with Gasteiger partial charge >= 0.3 is 6.03 Å². The highest BCUT2D eigenvalue weighted by atomic mass is 32.1. The lowest BCUT2D eigenvalue weighted by atomic mass is 9.80. The number of urea groups is 1. The number of hydrogen-bond donors (Lipinski definition) is 1. The molecule has 6 nitrogen and oxygen atoms in total. The fourth-order valence-electron chi connectivity index (χ4n) is 4.06. The van der Waals surface area contributed by atoms with Gasteiger partial charge in [-0.25, -0.2) is 4.79 Å². The average molecular weight is 370 g/mol. The van der Waals surface area contributed by atoms with E-state index >= 15 is 0 Å². The number of nitrogens with zero attached hydrogens (tertiary/aromatic N) is 1. The summed E-state index contributed by atoms with van der Waals surface area (Å²) < 4.78 is 11.6. The number of thiophene rings is 1. The van der Waals surface area contributed by atoms with Gasteiger partial charge in [0.2, 0.25) is 0 Å². The van der Waals surface area contributed by atoms with Gasteiger partial charge in [0.25, 0.3) is 5.91 Å². The molecule has 1 aliphatic carbocycles. The van der Waals surface area contributed by atoms with Crippen LogP contribution in [0.25, 0.3) is 0 Å². The summed E-state index contributed by atoms with van der Waals surface area (Å²) in [4.78, 5) is 28.3. The Balaban J connectivity index is 1.39. The van der Waals surface area contributed by atoms with E-state index in [0.29, 0.717) is 24.5 Å². The van der Waals surface area contributed by atoms with Crippen LogP contribution in [0, 0.1) is 0 Å². The topological polar surface area (TPSA) is 67.9 Å². The molecular weight excluding hydrogens is 352 g/mol. The number of imide groups is 1. The Hall–Kier alpha value is -2.54. The van der Waals surface area contributed by atoms with Gasteiger partial charge < -0.3 is 14.8 Å². The van der Waals surface area contributed by atoms with E-state index in [1.54, 1.807) is 11.3 Å². The lowest BCUT2D eigenvalue weighted by molar-refractivity contribution is -0.133. The van der Waals surface area contributed by atoms with Crippen LogP contribution in [-0.2, 0) is 16.8 Å². The molecule has 0 unspecified atom stereocenters. The molecule has 0 radical (unpaired) electrons. The first-order valence-electron chi connectivity index (χ1n) is 8.77. The summed E-state index contributed by atoms with van der Waals surface area (Å²) in [5, 5.41) is 4.96. The molecule has 1 N–H and O–H groups in total. The fourth-order valence-corrected chi connectivity index (χ4v) is 5.06. The van der Waals surface area contributed by atoms with Crippen molar-refractivity contribution in [2.75, 3.05) is 13.2 Å². The van der Waals surface area contributed by atoms with Gasteiger partial charge in [0.1, 0.15) is 12.1 Å². The summed E-state index contributed by atoms with van der Waals surface area (Å²) in [5.41, 5.74) is 0.0544. The monoisotopic (exact) mass is 370 g/mol. The molecule has 1 aromatic carbocycles. The minimum Gasteiger partial charge on any atom is -0.486 e. The van der Waals surface area contributed by atoms with Crippen LogP contribution in [0.3, 0.4) is 0 Å². The number of ether oxygens (including phenoxy) is 2. The van der Waals surface area contributed by atoms with E-state index in [9.17, 15) is 9.59 Å². The van der Waals surface area contributed by atoms with Gasteiger partial charge in [-0.05, 0) is 42.8 Å². The summed E-state index contributed by atoms with van der Waals surface area (Å²) in [6.07, 6.45) is 2.13. The quantitative estimate of drug-likeness (QED) is 0.826. The lowest BCUT2D eigenvalue weighted by Gasteiger charge is -2.32. The number of hydrogen-bond acceptors (Lipinski definition) is 5. The van der Waals surface area contributed by atoms with Crippen LogP contribution in [0.4, 0.5) is 4.79 Å². The number of fused-ring (bicyclic) bond motifs is 3. The SMILES string of the molecule is O=C1N[C@]2(CCCc3sccc32)C(=O)N1C[C@@H]1COc2ccccc2O1. The maximum Gasteiger partial charge on any atom is 0.325 e. The Labute approximate surface area is 154 Å². The molecule has 7 heteroatoms. The zero-order chi connectivity index (χ0) is 17.7. The average Bonchev–Trinajstić information content (AvgIpc) is 3.22. The molecule has 0 bridgehead atoms. The first kappa shape index (κ1) is 15.7. The first-order chi connectivity index (χ1) is 12.7.